The summed E-state index contributed by atoms with van der Waals surface area (Å²) in [5.74, 6) is -0.0109. The first-order chi connectivity index (χ1) is 10.7. The maximum Gasteiger partial charge on any atom is 0.257 e. The van der Waals surface area contributed by atoms with Crippen molar-refractivity contribution in [2.24, 2.45) is 7.05 Å². The number of aromatic nitrogens is 2. The van der Waals surface area contributed by atoms with E-state index < -0.39 is 0 Å². The molecule has 5 nitrogen and oxygen atoms in total. The molecular formula is C17H21N3O2. The third-order valence-electron chi connectivity index (χ3n) is 4.25. The first-order valence-corrected chi connectivity index (χ1v) is 7.69. The molecule has 1 atom stereocenters. The summed E-state index contributed by atoms with van der Waals surface area (Å²) in [6, 6.07) is 8.40. The average Bonchev–Trinajstić information content (AvgIpc) is 3.14. The number of hydrogen-bond acceptors (Lipinski definition) is 3. The van der Waals surface area contributed by atoms with Crippen molar-refractivity contribution < 1.29 is 9.90 Å². The first-order valence-electron chi connectivity index (χ1n) is 7.69. The van der Waals surface area contributed by atoms with E-state index in [1.165, 1.54) is 11.1 Å². The highest BCUT2D eigenvalue weighted by Gasteiger charge is 2.31. The van der Waals surface area contributed by atoms with Crippen LogP contribution in [0.25, 0.3) is 0 Å². The quantitative estimate of drug-likeness (QED) is 0.918. The lowest BCUT2D eigenvalue weighted by Gasteiger charge is -2.29. The molecule has 0 saturated heterocycles. The van der Waals surface area contributed by atoms with Crippen molar-refractivity contribution in [3.05, 3.63) is 53.3 Å². The fourth-order valence-electron chi connectivity index (χ4n) is 3.20. The Bertz CT molecular complexity index is 665. The van der Waals surface area contributed by atoms with Crippen LogP contribution in [0.1, 0.15) is 40.4 Å². The molecule has 1 aromatic carbocycles. The number of amides is 1. The molecule has 1 unspecified atom stereocenters. The molecule has 1 heterocycles. The predicted octanol–water partition coefficient (Wildman–Crippen LogP) is 1.93. The molecule has 2 aromatic rings. The Hall–Kier alpha value is -2.14. The number of fused-ring (bicyclic) bond motifs is 1. The van der Waals surface area contributed by atoms with Crippen molar-refractivity contribution >= 4 is 5.91 Å². The number of hydrogen-bond donors (Lipinski definition) is 1. The lowest BCUT2D eigenvalue weighted by Crippen LogP contribution is -2.35. The monoisotopic (exact) mass is 299 g/mol. The second-order valence-electron chi connectivity index (χ2n) is 5.73. The van der Waals surface area contributed by atoms with Crippen LogP contribution in [0.2, 0.25) is 0 Å². The van der Waals surface area contributed by atoms with Crippen LogP contribution < -0.4 is 0 Å². The maximum atomic E-state index is 12.9. The molecule has 5 heteroatoms. The fraction of sp³-hybridized carbons (Fsp3) is 0.412. The minimum atomic E-state index is -0.0109. The molecule has 1 aliphatic rings. The lowest BCUT2D eigenvalue weighted by atomic mass is 10.1. The number of carbonyl (C=O) groups is 1. The van der Waals surface area contributed by atoms with E-state index in [1.807, 2.05) is 17.0 Å². The molecule has 116 valence electrons. The smallest absolute Gasteiger partial charge is 0.257 e. The van der Waals surface area contributed by atoms with Gasteiger partial charge >= 0.3 is 0 Å². The van der Waals surface area contributed by atoms with Gasteiger partial charge in [-0.1, -0.05) is 24.3 Å². The molecule has 0 spiro atoms. The molecular weight excluding hydrogens is 278 g/mol. The van der Waals surface area contributed by atoms with Crippen LogP contribution in [0.3, 0.4) is 0 Å². The van der Waals surface area contributed by atoms with E-state index in [2.05, 4.69) is 17.2 Å². The van der Waals surface area contributed by atoms with E-state index in [1.54, 1.807) is 24.1 Å². The highest BCUT2D eigenvalue weighted by Crippen LogP contribution is 2.36. The van der Waals surface area contributed by atoms with E-state index in [-0.39, 0.29) is 18.6 Å². The third-order valence-corrected chi connectivity index (χ3v) is 4.25. The van der Waals surface area contributed by atoms with E-state index in [9.17, 15) is 4.79 Å². The Morgan fingerprint density at radius 3 is 3.00 bits per heavy atom. The van der Waals surface area contributed by atoms with Gasteiger partial charge in [-0.2, -0.15) is 5.10 Å². The topological polar surface area (TPSA) is 58.4 Å². The molecule has 0 fully saturated rings. The first kappa shape index (κ1) is 14.8. The molecule has 0 bridgehead atoms. The molecule has 0 aliphatic heterocycles. The van der Waals surface area contributed by atoms with Crippen LogP contribution in [0.15, 0.2) is 36.7 Å². The molecule has 1 aliphatic carbocycles. The third kappa shape index (κ3) is 2.76. The van der Waals surface area contributed by atoms with Gasteiger partial charge in [0.25, 0.3) is 5.91 Å². The SMILES string of the molecule is Cn1cc(C(=O)N(CCCO)C2CCc3ccccc32)cn1. The number of benzene rings is 1. The maximum absolute atomic E-state index is 12.9. The van der Waals surface area contributed by atoms with E-state index >= 15 is 0 Å². The van der Waals surface area contributed by atoms with Crippen LogP contribution in [0.4, 0.5) is 0 Å². The van der Waals surface area contributed by atoms with E-state index in [4.69, 9.17) is 5.11 Å². The van der Waals surface area contributed by atoms with Gasteiger partial charge in [0.05, 0.1) is 17.8 Å². The molecule has 1 amide bonds. The number of aliphatic hydroxyl groups excluding tert-OH is 1. The fourth-order valence-corrected chi connectivity index (χ4v) is 3.20. The van der Waals surface area contributed by atoms with Gasteiger partial charge in [-0.25, -0.2) is 0 Å². The van der Waals surface area contributed by atoms with Gasteiger partial charge < -0.3 is 10.0 Å². The Balaban J connectivity index is 1.89. The highest BCUT2D eigenvalue weighted by molar-refractivity contribution is 5.94. The van der Waals surface area contributed by atoms with E-state index in [0.717, 1.165) is 12.8 Å². The zero-order valence-corrected chi connectivity index (χ0v) is 12.8. The Kier molecular flexibility index (Phi) is 4.24. The second-order valence-corrected chi connectivity index (χ2v) is 5.73. The molecule has 22 heavy (non-hydrogen) atoms. The van der Waals surface area contributed by atoms with Crippen LogP contribution in [0.5, 0.6) is 0 Å². The molecule has 3 rings (SSSR count). The predicted molar refractivity (Wildman–Crippen MR) is 83.5 cm³/mol. The van der Waals surface area contributed by atoms with Gasteiger partial charge in [0.1, 0.15) is 0 Å². The van der Waals surface area contributed by atoms with Crippen molar-refractivity contribution in [3.8, 4) is 0 Å². The second kappa shape index (κ2) is 6.32. The minimum Gasteiger partial charge on any atom is -0.396 e. The highest BCUT2D eigenvalue weighted by atomic mass is 16.3. The summed E-state index contributed by atoms with van der Waals surface area (Å²) in [6.07, 6.45) is 5.88. The van der Waals surface area contributed by atoms with Crippen molar-refractivity contribution in [3.63, 3.8) is 0 Å². The van der Waals surface area contributed by atoms with Crippen molar-refractivity contribution in [1.29, 1.82) is 0 Å². The van der Waals surface area contributed by atoms with Crippen LogP contribution in [-0.2, 0) is 13.5 Å². The zero-order chi connectivity index (χ0) is 15.5. The number of aliphatic hydroxyl groups is 1. The van der Waals surface area contributed by atoms with Gasteiger partial charge in [-0.15, -0.1) is 0 Å². The van der Waals surface area contributed by atoms with Crippen LogP contribution in [-0.4, -0.2) is 38.8 Å². The summed E-state index contributed by atoms with van der Waals surface area (Å²) in [5, 5.41) is 13.2. The lowest BCUT2D eigenvalue weighted by molar-refractivity contribution is 0.0661. The Morgan fingerprint density at radius 2 is 2.27 bits per heavy atom. The van der Waals surface area contributed by atoms with Gasteiger partial charge in [-0.3, -0.25) is 9.48 Å². The molecule has 0 saturated carbocycles. The number of carbonyl (C=O) groups excluding carboxylic acids is 1. The number of rotatable bonds is 5. The summed E-state index contributed by atoms with van der Waals surface area (Å²) >= 11 is 0. The average molecular weight is 299 g/mol. The minimum absolute atomic E-state index is 0.0109. The summed E-state index contributed by atoms with van der Waals surface area (Å²) < 4.78 is 1.64. The normalized spacial score (nSPS) is 16.5. The summed E-state index contributed by atoms with van der Waals surface area (Å²) in [6.45, 7) is 0.647. The summed E-state index contributed by atoms with van der Waals surface area (Å²) in [5.41, 5.74) is 3.16. The number of aryl methyl sites for hydroxylation is 2. The standard InChI is InChI=1S/C17H21N3O2/c1-19-12-14(11-18-19)17(22)20(9-4-10-21)16-8-7-13-5-2-3-6-15(13)16/h2-3,5-6,11-12,16,21H,4,7-10H2,1H3. The van der Waals surface area contributed by atoms with Gasteiger partial charge in [0.2, 0.25) is 0 Å². The molecule has 1 aromatic heterocycles. The van der Waals surface area contributed by atoms with Crippen LogP contribution >= 0.6 is 0 Å². The summed E-state index contributed by atoms with van der Waals surface area (Å²) in [4.78, 5) is 14.7. The van der Waals surface area contributed by atoms with Crippen molar-refractivity contribution in [1.82, 2.24) is 14.7 Å². The van der Waals surface area contributed by atoms with Gasteiger partial charge in [0, 0.05) is 26.4 Å². The Labute approximate surface area is 130 Å². The molecule has 0 radical (unpaired) electrons. The van der Waals surface area contributed by atoms with Gasteiger partial charge in [0.15, 0.2) is 0 Å². The van der Waals surface area contributed by atoms with Gasteiger partial charge in [-0.05, 0) is 30.4 Å². The number of nitrogens with zero attached hydrogens (tertiary/aromatic N) is 3. The Morgan fingerprint density at radius 1 is 1.45 bits per heavy atom. The van der Waals surface area contributed by atoms with Crippen molar-refractivity contribution in [2.45, 2.75) is 25.3 Å². The summed E-state index contributed by atoms with van der Waals surface area (Å²) in [7, 11) is 1.81. The molecule has 1 N–H and O–H groups in total. The zero-order valence-electron chi connectivity index (χ0n) is 12.8. The largest absolute Gasteiger partial charge is 0.396 e. The van der Waals surface area contributed by atoms with Crippen molar-refractivity contribution in [2.75, 3.05) is 13.2 Å². The van der Waals surface area contributed by atoms with E-state index in [0.29, 0.717) is 18.5 Å². The van der Waals surface area contributed by atoms with Crippen LogP contribution in [0, 0.1) is 0 Å².